The zero-order valence-corrected chi connectivity index (χ0v) is 21.5. The summed E-state index contributed by atoms with van der Waals surface area (Å²) >= 11 is 0. The van der Waals surface area contributed by atoms with Gasteiger partial charge in [-0.05, 0) is 76.4 Å². The highest BCUT2D eigenvalue weighted by Crippen LogP contribution is 2.41. The third-order valence-electron chi connectivity index (χ3n) is 7.66. The number of methoxy groups -OCH3 is 1. The second-order valence-electron chi connectivity index (χ2n) is 9.92. The maximum Gasteiger partial charge on any atom is 0.249 e. The number of aromatic nitrogens is 1. The third-order valence-corrected chi connectivity index (χ3v) is 7.66. The number of nitrogens with one attached hydrogen (secondary N) is 1. The minimum absolute atomic E-state index is 0.0631. The molecule has 2 heterocycles. The van der Waals surface area contributed by atoms with E-state index < -0.39 is 40.8 Å². The summed E-state index contributed by atoms with van der Waals surface area (Å²) < 4.78 is 76.4. The van der Waals surface area contributed by atoms with Crippen molar-refractivity contribution < 1.29 is 36.7 Å². The van der Waals surface area contributed by atoms with Crippen LogP contribution in [0.15, 0.2) is 36.5 Å². The van der Waals surface area contributed by atoms with Crippen LogP contribution in [0.5, 0.6) is 5.75 Å². The largest absolute Gasteiger partial charge is 0.497 e. The number of hydrogen-bond donors (Lipinski definition) is 2. The van der Waals surface area contributed by atoms with E-state index in [0.29, 0.717) is 62.3 Å². The average Bonchev–Trinajstić information content (AvgIpc) is 2.93. The number of pyridine rings is 1. The fourth-order valence-corrected chi connectivity index (χ4v) is 5.36. The van der Waals surface area contributed by atoms with E-state index in [9.17, 15) is 27.6 Å². The van der Waals surface area contributed by atoms with E-state index in [0.717, 1.165) is 6.20 Å². The van der Waals surface area contributed by atoms with E-state index in [1.165, 1.54) is 13.2 Å². The van der Waals surface area contributed by atoms with Gasteiger partial charge >= 0.3 is 0 Å². The number of carbonyl (C=O) groups excluding carboxylic acids is 1. The van der Waals surface area contributed by atoms with Gasteiger partial charge in [-0.1, -0.05) is 0 Å². The second-order valence-corrected chi connectivity index (χ2v) is 9.92. The molecule has 3 aromatic rings. The highest BCUT2D eigenvalue weighted by atomic mass is 19.2. The first-order valence-corrected chi connectivity index (χ1v) is 12.7. The molecule has 0 saturated carbocycles. The van der Waals surface area contributed by atoms with Gasteiger partial charge in [0, 0.05) is 28.6 Å². The molecule has 0 aliphatic carbocycles. The van der Waals surface area contributed by atoms with Crippen molar-refractivity contribution in [3.8, 4) is 5.75 Å². The molecule has 11 heteroatoms. The Bertz CT molecular complexity index is 1310. The van der Waals surface area contributed by atoms with Crippen LogP contribution in [-0.4, -0.2) is 47.7 Å². The first kappa shape index (κ1) is 28.7. The van der Waals surface area contributed by atoms with Gasteiger partial charge in [0.15, 0.2) is 0 Å². The summed E-state index contributed by atoms with van der Waals surface area (Å²) in [6, 6.07) is 6.07. The predicted octanol–water partition coefficient (Wildman–Crippen LogP) is 5.81. The normalized spacial score (nSPS) is 16.3. The predicted molar refractivity (Wildman–Crippen MR) is 134 cm³/mol. The topological polar surface area (TPSA) is 74.7 Å². The first-order chi connectivity index (χ1) is 18.7. The molecular weight excluding hydrogens is 521 g/mol. The molecule has 2 N–H and O–H groups in total. The molecule has 1 fully saturated rings. The molecule has 1 aliphatic rings. The Kier molecular flexibility index (Phi) is 9.01. The average molecular weight is 552 g/mol. The molecule has 1 aromatic heterocycles. The number of halogens is 5. The molecule has 1 amide bonds. The zero-order valence-electron chi connectivity index (χ0n) is 21.5. The van der Waals surface area contributed by atoms with Gasteiger partial charge in [-0.25, -0.2) is 27.4 Å². The van der Waals surface area contributed by atoms with Gasteiger partial charge in [-0.3, -0.25) is 15.0 Å². The molecule has 1 unspecified atom stereocenters. The number of alkyl halides is 1. The number of carbonyl (C=O) groups is 1. The van der Waals surface area contributed by atoms with Crippen molar-refractivity contribution >= 4 is 16.8 Å². The summed E-state index contributed by atoms with van der Waals surface area (Å²) in [4.78, 5) is 18.7. The number of piperidine rings is 1. The number of hydrogen-bond acceptors (Lipinski definition) is 5. The molecule has 6 nitrogen and oxygen atoms in total. The summed E-state index contributed by atoms with van der Waals surface area (Å²) in [6.45, 7) is 1.35. The fraction of sp³-hybridized carbons (Fsp3) is 0.429. The van der Waals surface area contributed by atoms with Gasteiger partial charge in [0.25, 0.3) is 0 Å². The number of rotatable bonds is 10. The summed E-state index contributed by atoms with van der Waals surface area (Å²) in [5.41, 5.74) is 0.706. The molecule has 2 aromatic carbocycles. The van der Waals surface area contributed by atoms with Crippen LogP contribution in [0, 0.1) is 28.7 Å². The Hall–Kier alpha value is -3.31. The molecule has 210 valence electrons. The second kappa shape index (κ2) is 12.3. The highest BCUT2D eigenvalue weighted by Gasteiger charge is 2.41. The molecule has 0 spiro atoms. The summed E-state index contributed by atoms with van der Waals surface area (Å²) in [5.74, 6) is -3.83. The first-order valence-electron chi connectivity index (χ1n) is 12.7. The monoisotopic (exact) mass is 551 g/mol. The number of nitrogens with zero attached hydrogens (tertiary/aromatic N) is 2. The van der Waals surface area contributed by atoms with Crippen LogP contribution in [0.3, 0.4) is 0 Å². The Morgan fingerprint density at radius 1 is 1.13 bits per heavy atom. The number of likely N-dealkylation sites (tertiary alicyclic amines) is 1. The molecule has 1 aliphatic heterocycles. The van der Waals surface area contributed by atoms with Gasteiger partial charge in [0.2, 0.25) is 5.91 Å². The van der Waals surface area contributed by atoms with Crippen LogP contribution in [0.1, 0.15) is 49.4 Å². The van der Waals surface area contributed by atoms with E-state index in [2.05, 4.69) is 4.98 Å². The standard InChI is InChI=1S/C28H30F5N3O3/c1-39-18-4-5-25-20(15-18)26(24(33)16-34-25)21(30)6-7-28(27(37)35-38)8-11-36(12-9-28)10-2-3-19-22(31)13-17(29)14-23(19)32/h4-5,13-16,21,38H,2-3,6-12H2,1H3,(H,35,37). The van der Waals surface area contributed by atoms with Crippen molar-refractivity contribution in [1.82, 2.24) is 15.4 Å². The third kappa shape index (κ3) is 6.30. The Morgan fingerprint density at radius 2 is 1.82 bits per heavy atom. The van der Waals surface area contributed by atoms with Crippen LogP contribution in [0.4, 0.5) is 22.0 Å². The van der Waals surface area contributed by atoms with Crippen molar-refractivity contribution in [3.63, 3.8) is 0 Å². The maximum absolute atomic E-state index is 15.6. The minimum Gasteiger partial charge on any atom is -0.497 e. The lowest BCUT2D eigenvalue weighted by atomic mass is 9.73. The number of ether oxygens (including phenoxy) is 1. The summed E-state index contributed by atoms with van der Waals surface area (Å²) in [5, 5.41) is 9.68. The Morgan fingerprint density at radius 3 is 2.46 bits per heavy atom. The highest BCUT2D eigenvalue weighted by molar-refractivity contribution is 5.84. The van der Waals surface area contributed by atoms with Crippen molar-refractivity contribution in [2.24, 2.45) is 5.41 Å². The molecule has 1 atom stereocenters. The maximum atomic E-state index is 15.6. The molecule has 0 bridgehead atoms. The molecule has 39 heavy (non-hydrogen) atoms. The van der Waals surface area contributed by atoms with E-state index in [1.54, 1.807) is 17.6 Å². The number of hydroxylamine groups is 1. The van der Waals surface area contributed by atoms with Gasteiger partial charge < -0.3 is 9.64 Å². The van der Waals surface area contributed by atoms with E-state index in [-0.39, 0.29) is 35.8 Å². The van der Waals surface area contributed by atoms with Crippen molar-refractivity contribution in [2.45, 2.75) is 44.7 Å². The quantitative estimate of drug-likeness (QED) is 0.189. The lowest BCUT2D eigenvalue weighted by molar-refractivity contribution is -0.143. The van der Waals surface area contributed by atoms with Crippen LogP contribution in [0.25, 0.3) is 10.9 Å². The van der Waals surface area contributed by atoms with Gasteiger partial charge in [0.05, 0.1) is 24.2 Å². The van der Waals surface area contributed by atoms with E-state index in [1.807, 2.05) is 4.90 Å². The van der Waals surface area contributed by atoms with Gasteiger partial charge in [-0.15, -0.1) is 0 Å². The summed E-state index contributed by atoms with van der Waals surface area (Å²) in [7, 11) is 1.45. The number of amides is 1. The Labute approximate surface area is 222 Å². The van der Waals surface area contributed by atoms with Crippen molar-refractivity contribution in [3.05, 3.63) is 70.9 Å². The summed E-state index contributed by atoms with van der Waals surface area (Å²) in [6.07, 6.45) is 0.230. The molecule has 1 saturated heterocycles. The fourth-order valence-electron chi connectivity index (χ4n) is 5.36. The number of fused-ring (bicyclic) bond motifs is 1. The van der Waals surface area contributed by atoms with Crippen molar-refractivity contribution in [1.29, 1.82) is 0 Å². The Balaban J connectivity index is 1.40. The number of benzene rings is 2. The molecule has 4 rings (SSSR count). The van der Waals surface area contributed by atoms with Crippen LogP contribution >= 0.6 is 0 Å². The van der Waals surface area contributed by atoms with E-state index >= 15 is 4.39 Å². The smallest absolute Gasteiger partial charge is 0.249 e. The van der Waals surface area contributed by atoms with Gasteiger partial charge in [-0.2, -0.15) is 0 Å². The van der Waals surface area contributed by atoms with Crippen LogP contribution in [0.2, 0.25) is 0 Å². The molecular formula is C28H30F5N3O3. The zero-order chi connectivity index (χ0) is 28.2. The van der Waals surface area contributed by atoms with Crippen molar-refractivity contribution in [2.75, 3.05) is 26.7 Å². The van der Waals surface area contributed by atoms with Crippen LogP contribution in [-0.2, 0) is 11.2 Å². The molecule has 0 radical (unpaired) electrons. The van der Waals surface area contributed by atoms with E-state index in [4.69, 9.17) is 4.74 Å². The lowest BCUT2D eigenvalue weighted by Gasteiger charge is -2.40. The SMILES string of the molecule is COc1ccc2ncc(F)c(C(F)CCC3(C(=O)NO)CCN(CCCc4c(F)cc(F)cc4F)CC3)c2c1. The minimum atomic E-state index is -1.73. The van der Waals surface area contributed by atoms with Gasteiger partial charge in [0.1, 0.15) is 35.2 Å². The van der Waals surface area contributed by atoms with Crippen LogP contribution < -0.4 is 10.2 Å². The lowest BCUT2D eigenvalue weighted by Crippen LogP contribution is -2.48.